The Morgan fingerprint density at radius 3 is 2.78 bits per heavy atom. The third-order valence-electron chi connectivity index (χ3n) is 4.95. The summed E-state index contributed by atoms with van der Waals surface area (Å²) in [7, 11) is 0. The van der Waals surface area contributed by atoms with Crippen LogP contribution in [0, 0.1) is 0 Å². The van der Waals surface area contributed by atoms with Gasteiger partial charge < -0.3 is 15.3 Å². The lowest BCUT2D eigenvalue weighted by molar-refractivity contribution is 0.0141. The van der Waals surface area contributed by atoms with Gasteiger partial charge in [-0.3, -0.25) is 4.98 Å². The summed E-state index contributed by atoms with van der Waals surface area (Å²) in [6, 6.07) is 4.33. The molecule has 1 aliphatic carbocycles. The molecule has 1 aliphatic heterocycles. The Bertz CT molecular complexity index is 564. The maximum atomic E-state index is 13.5. The van der Waals surface area contributed by atoms with Crippen molar-refractivity contribution in [2.24, 2.45) is 0 Å². The number of halogens is 2. The van der Waals surface area contributed by atoms with Gasteiger partial charge in [-0.2, -0.15) is 0 Å². The van der Waals surface area contributed by atoms with Gasteiger partial charge in [0, 0.05) is 30.3 Å². The quantitative estimate of drug-likeness (QED) is 0.889. The summed E-state index contributed by atoms with van der Waals surface area (Å²) in [5, 5.41) is 12.0. The van der Waals surface area contributed by atoms with E-state index in [1.54, 1.807) is 6.20 Å². The number of nitrogens with one attached hydrogen (secondary N) is 1. The number of carbonyl (C=O) groups is 1. The predicted molar refractivity (Wildman–Crippen MR) is 80.3 cm³/mol. The molecule has 23 heavy (non-hydrogen) atoms. The Morgan fingerprint density at radius 2 is 2.22 bits per heavy atom. The van der Waals surface area contributed by atoms with Gasteiger partial charge in [0.05, 0.1) is 19.2 Å². The Labute approximate surface area is 133 Å². The molecule has 0 bridgehead atoms. The van der Waals surface area contributed by atoms with Gasteiger partial charge in [-0.1, -0.05) is 12.5 Å². The summed E-state index contributed by atoms with van der Waals surface area (Å²) in [6.45, 7) is -0.710. The van der Waals surface area contributed by atoms with Crippen LogP contribution < -0.4 is 5.32 Å². The molecular weight excluding hydrogens is 304 g/mol. The molecular formula is C16H21F2N3O2. The number of carbonyl (C=O) groups excluding carboxylic acids is 1. The number of aromatic nitrogens is 1. The molecule has 1 saturated carbocycles. The van der Waals surface area contributed by atoms with Crippen molar-refractivity contribution in [3.63, 3.8) is 0 Å². The number of hydrogen-bond acceptors (Lipinski definition) is 3. The van der Waals surface area contributed by atoms with E-state index >= 15 is 0 Å². The van der Waals surface area contributed by atoms with Gasteiger partial charge >= 0.3 is 6.03 Å². The molecule has 2 amide bonds. The average molecular weight is 325 g/mol. The number of likely N-dealkylation sites (tertiary alicyclic amines) is 1. The minimum absolute atomic E-state index is 0.201. The molecule has 1 atom stereocenters. The minimum Gasteiger partial charge on any atom is -0.394 e. The Kier molecular flexibility index (Phi) is 4.23. The van der Waals surface area contributed by atoms with E-state index in [9.17, 15) is 18.7 Å². The zero-order chi connectivity index (χ0) is 16.5. The predicted octanol–water partition coefficient (Wildman–Crippen LogP) is 1.91. The van der Waals surface area contributed by atoms with Crippen LogP contribution in [0.1, 0.15) is 31.4 Å². The van der Waals surface area contributed by atoms with Crippen molar-refractivity contribution < 1.29 is 18.7 Å². The van der Waals surface area contributed by atoms with Crippen LogP contribution in [0.15, 0.2) is 24.4 Å². The first-order valence-corrected chi connectivity index (χ1v) is 7.90. The van der Waals surface area contributed by atoms with Crippen molar-refractivity contribution in [2.45, 2.75) is 43.1 Å². The Morgan fingerprint density at radius 1 is 1.43 bits per heavy atom. The molecule has 2 aliphatic rings. The third-order valence-corrected chi connectivity index (χ3v) is 4.95. The number of nitrogens with zero attached hydrogens (tertiary/aromatic N) is 2. The normalized spacial score (nSPS) is 25.0. The maximum Gasteiger partial charge on any atom is 0.317 e. The van der Waals surface area contributed by atoms with Crippen LogP contribution in [0.5, 0.6) is 0 Å². The molecule has 7 heteroatoms. The van der Waals surface area contributed by atoms with Gasteiger partial charge in [-0.15, -0.1) is 0 Å². The van der Waals surface area contributed by atoms with Crippen LogP contribution in [0.25, 0.3) is 0 Å². The first kappa shape index (κ1) is 16.1. The molecule has 2 N–H and O–H groups in total. The maximum absolute atomic E-state index is 13.5. The van der Waals surface area contributed by atoms with Gasteiger partial charge in [0.25, 0.3) is 5.92 Å². The molecule has 0 spiro atoms. The van der Waals surface area contributed by atoms with E-state index in [1.165, 1.54) is 0 Å². The highest BCUT2D eigenvalue weighted by molar-refractivity contribution is 5.75. The Hall–Kier alpha value is -1.76. The van der Waals surface area contributed by atoms with Gasteiger partial charge in [0.15, 0.2) is 0 Å². The van der Waals surface area contributed by atoms with E-state index in [0.717, 1.165) is 29.9 Å². The van der Waals surface area contributed by atoms with Gasteiger partial charge in [-0.05, 0) is 25.0 Å². The van der Waals surface area contributed by atoms with E-state index in [0.29, 0.717) is 6.54 Å². The van der Waals surface area contributed by atoms with Crippen molar-refractivity contribution in [2.75, 3.05) is 19.7 Å². The van der Waals surface area contributed by atoms with E-state index in [2.05, 4.69) is 10.3 Å². The second kappa shape index (κ2) is 6.03. The number of pyridine rings is 1. The fourth-order valence-corrected chi connectivity index (χ4v) is 3.45. The number of alkyl halides is 2. The highest BCUT2D eigenvalue weighted by atomic mass is 19.3. The van der Waals surface area contributed by atoms with Crippen molar-refractivity contribution >= 4 is 6.03 Å². The number of hydrogen-bond donors (Lipinski definition) is 2. The lowest BCUT2D eigenvalue weighted by atomic mass is 9.66. The number of aliphatic hydroxyl groups excluding tert-OH is 1. The zero-order valence-corrected chi connectivity index (χ0v) is 12.8. The minimum atomic E-state index is -2.93. The summed E-state index contributed by atoms with van der Waals surface area (Å²) >= 11 is 0. The lowest BCUT2D eigenvalue weighted by Crippen LogP contribution is -2.51. The number of rotatable bonds is 4. The molecule has 1 aromatic rings. The summed E-state index contributed by atoms with van der Waals surface area (Å²) in [4.78, 5) is 17.7. The van der Waals surface area contributed by atoms with Crippen LogP contribution in [-0.4, -0.2) is 52.7 Å². The van der Waals surface area contributed by atoms with E-state index in [1.807, 2.05) is 18.2 Å². The van der Waals surface area contributed by atoms with Crippen molar-refractivity contribution in [3.05, 3.63) is 30.1 Å². The molecule has 1 saturated heterocycles. The SMILES string of the molecule is O=C(NCC1(c2ccccn2)CCC1)N1CC(F)(F)CC1CO. The fraction of sp³-hybridized carbons (Fsp3) is 0.625. The molecule has 0 radical (unpaired) electrons. The summed E-state index contributed by atoms with van der Waals surface area (Å²) in [6.07, 6.45) is 4.14. The van der Waals surface area contributed by atoms with Crippen molar-refractivity contribution in [1.82, 2.24) is 15.2 Å². The van der Waals surface area contributed by atoms with Crippen LogP contribution >= 0.6 is 0 Å². The fourth-order valence-electron chi connectivity index (χ4n) is 3.45. The lowest BCUT2D eigenvalue weighted by Gasteiger charge is -2.41. The van der Waals surface area contributed by atoms with E-state index < -0.39 is 37.6 Å². The highest BCUT2D eigenvalue weighted by Crippen LogP contribution is 2.42. The monoisotopic (exact) mass is 325 g/mol. The first-order valence-electron chi connectivity index (χ1n) is 7.90. The topological polar surface area (TPSA) is 65.5 Å². The van der Waals surface area contributed by atoms with Crippen LogP contribution in [0.2, 0.25) is 0 Å². The molecule has 0 aromatic carbocycles. The molecule has 1 aromatic heterocycles. The second-order valence-corrected chi connectivity index (χ2v) is 6.53. The van der Waals surface area contributed by atoms with Gasteiger partial charge in [0.2, 0.25) is 0 Å². The molecule has 126 valence electrons. The largest absolute Gasteiger partial charge is 0.394 e. The molecule has 1 unspecified atom stereocenters. The summed E-state index contributed by atoms with van der Waals surface area (Å²) < 4.78 is 26.9. The van der Waals surface area contributed by atoms with E-state index in [-0.39, 0.29) is 5.41 Å². The van der Waals surface area contributed by atoms with E-state index in [4.69, 9.17) is 0 Å². The molecule has 3 rings (SSSR count). The standard InChI is InChI=1S/C16H21F2N3O2/c17-16(18)8-12(9-22)21(11-16)14(23)20-10-15(5-3-6-15)13-4-1-2-7-19-13/h1-2,4,7,12,22H,3,5-6,8-11H2,(H,20,23). The van der Waals surface area contributed by atoms with Gasteiger partial charge in [0.1, 0.15) is 0 Å². The molecule has 2 heterocycles. The number of urea groups is 1. The number of aliphatic hydroxyl groups is 1. The highest BCUT2D eigenvalue weighted by Gasteiger charge is 2.47. The van der Waals surface area contributed by atoms with Crippen molar-refractivity contribution in [3.8, 4) is 0 Å². The number of amides is 2. The smallest absolute Gasteiger partial charge is 0.317 e. The zero-order valence-electron chi connectivity index (χ0n) is 12.8. The summed E-state index contributed by atoms with van der Waals surface area (Å²) in [5.41, 5.74) is 0.727. The van der Waals surface area contributed by atoms with Crippen LogP contribution in [0.4, 0.5) is 13.6 Å². The first-order chi connectivity index (χ1) is 11.0. The third kappa shape index (κ3) is 3.15. The van der Waals surface area contributed by atoms with Crippen LogP contribution in [0.3, 0.4) is 0 Å². The molecule has 2 fully saturated rings. The second-order valence-electron chi connectivity index (χ2n) is 6.53. The Balaban J connectivity index is 1.64. The molecule has 5 nitrogen and oxygen atoms in total. The van der Waals surface area contributed by atoms with Crippen molar-refractivity contribution in [1.29, 1.82) is 0 Å². The van der Waals surface area contributed by atoms with Gasteiger partial charge in [-0.25, -0.2) is 13.6 Å². The van der Waals surface area contributed by atoms with Crippen LogP contribution in [-0.2, 0) is 5.41 Å². The summed E-state index contributed by atoms with van der Waals surface area (Å²) in [5.74, 6) is -2.93. The average Bonchev–Trinajstić information content (AvgIpc) is 2.82.